The van der Waals surface area contributed by atoms with Gasteiger partial charge in [-0.1, -0.05) is 208 Å². The summed E-state index contributed by atoms with van der Waals surface area (Å²) in [4.78, 5) is 37.7. The smallest absolute Gasteiger partial charge is 0.306 e. The molecule has 0 aromatic carbocycles. The molecule has 52 heavy (non-hydrogen) atoms. The van der Waals surface area contributed by atoms with E-state index in [2.05, 4.69) is 34.6 Å². The maximum Gasteiger partial charge on any atom is 0.306 e. The molecule has 6 heteroatoms. The third-order valence-electron chi connectivity index (χ3n) is 10.6. The van der Waals surface area contributed by atoms with Gasteiger partial charge in [0.05, 0.1) is 0 Å². The van der Waals surface area contributed by atoms with E-state index in [-0.39, 0.29) is 31.1 Å². The largest absolute Gasteiger partial charge is 0.462 e. The van der Waals surface area contributed by atoms with E-state index in [1.54, 1.807) is 0 Å². The van der Waals surface area contributed by atoms with Gasteiger partial charge in [-0.3, -0.25) is 14.4 Å². The number of carbonyl (C=O) groups excluding carboxylic acids is 3. The van der Waals surface area contributed by atoms with Gasteiger partial charge in [0, 0.05) is 19.3 Å². The van der Waals surface area contributed by atoms with Gasteiger partial charge in [0.15, 0.2) is 6.10 Å². The number of hydrogen-bond donors (Lipinski definition) is 0. The fourth-order valence-corrected chi connectivity index (χ4v) is 6.72. The lowest BCUT2D eigenvalue weighted by Gasteiger charge is -2.18. The van der Waals surface area contributed by atoms with E-state index >= 15 is 0 Å². The van der Waals surface area contributed by atoms with Crippen molar-refractivity contribution in [3.8, 4) is 0 Å². The van der Waals surface area contributed by atoms with Crippen LogP contribution in [0.25, 0.3) is 0 Å². The van der Waals surface area contributed by atoms with Crippen LogP contribution in [-0.4, -0.2) is 37.2 Å². The first kappa shape index (κ1) is 50.4. The molecule has 0 spiro atoms. The van der Waals surface area contributed by atoms with Gasteiger partial charge >= 0.3 is 17.9 Å². The van der Waals surface area contributed by atoms with Crippen molar-refractivity contribution in [3.63, 3.8) is 0 Å². The van der Waals surface area contributed by atoms with Crippen molar-refractivity contribution in [2.75, 3.05) is 13.2 Å². The lowest BCUT2D eigenvalue weighted by atomic mass is 10.00. The van der Waals surface area contributed by atoms with Crippen molar-refractivity contribution < 1.29 is 28.6 Å². The van der Waals surface area contributed by atoms with Crippen LogP contribution in [0.2, 0.25) is 0 Å². The fraction of sp³-hybridized carbons (Fsp3) is 0.935. The number of unbranched alkanes of at least 4 members (excludes halogenated alkanes) is 24. The van der Waals surface area contributed by atoms with Gasteiger partial charge in [-0.2, -0.15) is 0 Å². The molecule has 0 fully saturated rings. The summed E-state index contributed by atoms with van der Waals surface area (Å²) in [5.41, 5.74) is 0. The molecule has 0 rings (SSSR count). The fourth-order valence-electron chi connectivity index (χ4n) is 6.72. The number of hydrogen-bond acceptors (Lipinski definition) is 6. The lowest BCUT2D eigenvalue weighted by molar-refractivity contribution is -0.167. The maximum absolute atomic E-state index is 12.7. The normalized spacial score (nSPS) is 12.6. The minimum atomic E-state index is -0.761. The highest BCUT2D eigenvalue weighted by Crippen LogP contribution is 2.17. The molecule has 0 heterocycles. The van der Waals surface area contributed by atoms with Crippen LogP contribution in [0.4, 0.5) is 0 Å². The molecule has 2 atom stereocenters. The highest BCUT2D eigenvalue weighted by Gasteiger charge is 2.19. The van der Waals surface area contributed by atoms with E-state index in [9.17, 15) is 14.4 Å². The van der Waals surface area contributed by atoms with Crippen LogP contribution in [0.5, 0.6) is 0 Å². The van der Waals surface area contributed by atoms with Crippen LogP contribution in [0.15, 0.2) is 0 Å². The van der Waals surface area contributed by atoms with Crippen LogP contribution in [0, 0.1) is 11.8 Å². The molecule has 0 bridgehead atoms. The van der Waals surface area contributed by atoms with Gasteiger partial charge < -0.3 is 14.2 Å². The number of ether oxygens (including phenoxy) is 3. The van der Waals surface area contributed by atoms with E-state index in [0.29, 0.717) is 19.3 Å². The molecule has 0 aliphatic rings. The van der Waals surface area contributed by atoms with E-state index in [1.807, 2.05) is 0 Å². The summed E-state index contributed by atoms with van der Waals surface area (Å²) in [5, 5.41) is 0. The average molecular weight is 737 g/mol. The first-order chi connectivity index (χ1) is 25.3. The Labute approximate surface area is 323 Å². The first-order valence-electron chi connectivity index (χ1n) is 22.8. The molecule has 0 saturated heterocycles. The highest BCUT2D eigenvalue weighted by atomic mass is 16.6. The van der Waals surface area contributed by atoms with E-state index < -0.39 is 6.10 Å². The average Bonchev–Trinajstić information content (AvgIpc) is 3.12. The summed E-state index contributed by atoms with van der Waals surface area (Å²) < 4.78 is 16.7. The molecule has 0 aromatic heterocycles. The van der Waals surface area contributed by atoms with Crippen molar-refractivity contribution >= 4 is 17.9 Å². The quantitative estimate of drug-likeness (QED) is 0.0354. The van der Waals surface area contributed by atoms with Gasteiger partial charge in [-0.15, -0.1) is 0 Å². The third-order valence-corrected chi connectivity index (χ3v) is 10.6. The third kappa shape index (κ3) is 38.1. The molecule has 0 aliphatic heterocycles. The van der Waals surface area contributed by atoms with Crippen molar-refractivity contribution in [2.45, 2.75) is 253 Å². The van der Waals surface area contributed by atoms with Crippen LogP contribution in [-0.2, 0) is 28.6 Å². The SMILES string of the molecule is CCCCCCCCCCCCCCCCC(=O)OC[C@@H](COC(=O)CCCCCCCCCC(C)C)OC(=O)CCCCCCCCC(C)CC. The molecule has 308 valence electrons. The second-order valence-corrected chi connectivity index (χ2v) is 16.4. The zero-order valence-corrected chi connectivity index (χ0v) is 35.4. The Bertz CT molecular complexity index is 796. The topological polar surface area (TPSA) is 78.9 Å². The molecule has 0 N–H and O–H groups in total. The Morgan fingerprint density at radius 1 is 0.404 bits per heavy atom. The van der Waals surface area contributed by atoms with Crippen LogP contribution < -0.4 is 0 Å². The predicted molar refractivity (Wildman–Crippen MR) is 220 cm³/mol. The molecule has 0 saturated carbocycles. The summed E-state index contributed by atoms with van der Waals surface area (Å²) >= 11 is 0. The molecule has 0 amide bonds. The molecule has 1 unspecified atom stereocenters. The van der Waals surface area contributed by atoms with Crippen LogP contribution in [0.3, 0.4) is 0 Å². The maximum atomic E-state index is 12.7. The van der Waals surface area contributed by atoms with Gasteiger partial charge in [0.25, 0.3) is 0 Å². The zero-order chi connectivity index (χ0) is 38.3. The number of carbonyl (C=O) groups is 3. The Morgan fingerprint density at radius 3 is 1.10 bits per heavy atom. The van der Waals surface area contributed by atoms with E-state index in [0.717, 1.165) is 69.6 Å². The summed E-state index contributed by atoms with van der Waals surface area (Å²) in [6, 6.07) is 0. The van der Waals surface area contributed by atoms with Crippen molar-refractivity contribution in [3.05, 3.63) is 0 Å². The van der Waals surface area contributed by atoms with Crippen molar-refractivity contribution in [2.24, 2.45) is 11.8 Å². The Hall–Kier alpha value is -1.59. The van der Waals surface area contributed by atoms with Gasteiger partial charge in [0.1, 0.15) is 13.2 Å². The minimum Gasteiger partial charge on any atom is -0.462 e. The molecule has 0 aromatic rings. The minimum absolute atomic E-state index is 0.0660. The summed E-state index contributed by atoms with van der Waals surface area (Å²) in [5.74, 6) is 0.728. The molecule has 0 radical (unpaired) electrons. The standard InChI is InChI=1S/C46H88O6/c1-6-8-9-10-11-12-13-14-15-16-17-20-26-31-36-44(47)50-39-43(52-46(49)38-33-28-23-22-25-30-35-42(5)7-2)40-51-45(48)37-32-27-21-18-19-24-29-34-41(3)4/h41-43H,6-40H2,1-5H3/t42?,43-/m0/s1. The second-order valence-electron chi connectivity index (χ2n) is 16.4. The Kier molecular flexibility index (Phi) is 37.9. The van der Waals surface area contributed by atoms with Gasteiger partial charge in [0.2, 0.25) is 0 Å². The molecular weight excluding hydrogens is 648 g/mol. The lowest BCUT2D eigenvalue weighted by Crippen LogP contribution is -2.30. The van der Waals surface area contributed by atoms with E-state index in [1.165, 1.54) is 135 Å². The molecule has 0 aliphatic carbocycles. The summed E-state index contributed by atoms with van der Waals surface area (Å²) in [7, 11) is 0. The molecular formula is C46H88O6. The molecule has 6 nitrogen and oxygen atoms in total. The first-order valence-corrected chi connectivity index (χ1v) is 22.8. The summed E-state index contributed by atoms with van der Waals surface area (Å²) in [6.07, 6.45) is 36.7. The zero-order valence-electron chi connectivity index (χ0n) is 35.4. The number of esters is 3. The number of rotatable bonds is 40. The van der Waals surface area contributed by atoms with Crippen molar-refractivity contribution in [1.29, 1.82) is 0 Å². The summed E-state index contributed by atoms with van der Waals surface area (Å²) in [6.45, 7) is 11.3. The highest BCUT2D eigenvalue weighted by molar-refractivity contribution is 5.71. The van der Waals surface area contributed by atoms with E-state index in [4.69, 9.17) is 14.2 Å². The van der Waals surface area contributed by atoms with Crippen molar-refractivity contribution in [1.82, 2.24) is 0 Å². The van der Waals surface area contributed by atoms with Gasteiger partial charge in [-0.25, -0.2) is 0 Å². The predicted octanol–water partition coefficient (Wildman–Crippen LogP) is 14.2. The second kappa shape index (κ2) is 39.1. The van der Waals surface area contributed by atoms with Gasteiger partial charge in [-0.05, 0) is 31.1 Å². The van der Waals surface area contributed by atoms with Crippen LogP contribution in [0.1, 0.15) is 247 Å². The van der Waals surface area contributed by atoms with Crippen LogP contribution >= 0.6 is 0 Å². The Balaban J connectivity index is 4.32. The monoisotopic (exact) mass is 737 g/mol. The Morgan fingerprint density at radius 2 is 0.731 bits per heavy atom.